The molecule has 8 nitrogen and oxygen atoms in total. The molecule has 1 aliphatic carbocycles. The Hall–Kier alpha value is -2.52. The van der Waals surface area contributed by atoms with Gasteiger partial charge in [-0.05, 0) is 37.5 Å². The molecular formula is C19H22N4O4S. The Labute approximate surface area is 168 Å². The standard InChI is InChI=1S/C19H22N4O4S/c1-12-16(18(24)21-7-9-27-10-8-21)17(20-19(28)22(12)14-5-6-14)13-3-2-4-15(11-13)23(25)26/h2-4,11,14,17H,5-10H2,1H3,(H,20,28)/t17-/m1/s1. The van der Waals surface area contributed by atoms with Crippen LogP contribution >= 0.6 is 12.2 Å². The molecule has 4 rings (SSSR count). The van der Waals surface area contributed by atoms with Gasteiger partial charge in [0.05, 0.1) is 29.8 Å². The van der Waals surface area contributed by atoms with Crippen molar-refractivity contribution in [1.82, 2.24) is 15.1 Å². The third kappa shape index (κ3) is 3.47. The van der Waals surface area contributed by atoms with Crippen LogP contribution in [0.15, 0.2) is 35.5 Å². The second-order valence-electron chi connectivity index (χ2n) is 7.24. The molecule has 0 unspecified atom stereocenters. The van der Waals surface area contributed by atoms with Gasteiger partial charge in [0.25, 0.3) is 11.6 Å². The van der Waals surface area contributed by atoms with Gasteiger partial charge < -0.3 is 19.9 Å². The number of nitro benzene ring substituents is 1. The average Bonchev–Trinajstić information content (AvgIpc) is 3.53. The second-order valence-corrected chi connectivity index (χ2v) is 7.63. The number of amides is 1. The van der Waals surface area contributed by atoms with Crippen LogP contribution in [0.2, 0.25) is 0 Å². The highest BCUT2D eigenvalue weighted by Gasteiger charge is 2.41. The number of nitrogens with one attached hydrogen (secondary N) is 1. The highest BCUT2D eigenvalue weighted by Crippen LogP contribution is 2.38. The van der Waals surface area contributed by atoms with Gasteiger partial charge in [-0.1, -0.05) is 12.1 Å². The van der Waals surface area contributed by atoms with E-state index in [0.29, 0.717) is 48.6 Å². The highest BCUT2D eigenvalue weighted by atomic mass is 32.1. The third-order valence-electron chi connectivity index (χ3n) is 5.38. The number of hydrogen-bond acceptors (Lipinski definition) is 5. The predicted molar refractivity (Wildman–Crippen MR) is 107 cm³/mol. The van der Waals surface area contributed by atoms with E-state index >= 15 is 0 Å². The van der Waals surface area contributed by atoms with E-state index in [9.17, 15) is 14.9 Å². The minimum Gasteiger partial charge on any atom is -0.378 e. The lowest BCUT2D eigenvalue weighted by atomic mass is 9.93. The maximum Gasteiger partial charge on any atom is 0.269 e. The van der Waals surface area contributed by atoms with Gasteiger partial charge in [-0.15, -0.1) is 0 Å². The lowest BCUT2D eigenvalue weighted by molar-refractivity contribution is -0.384. The summed E-state index contributed by atoms with van der Waals surface area (Å²) in [5.41, 5.74) is 2.08. The molecule has 9 heteroatoms. The zero-order chi connectivity index (χ0) is 19.8. The monoisotopic (exact) mass is 402 g/mol. The fraction of sp³-hybridized carbons (Fsp3) is 0.474. The van der Waals surface area contributed by atoms with E-state index in [1.54, 1.807) is 17.0 Å². The SMILES string of the molecule is CC1=C(C(=O)N2CCOCC2)[C@@H](c2cccc([N+](=O)[O-])c2)NC(=S)N1C1CC1. The molecule has 28 heavy (non-hydrogen) atoms. The van der Waals surface area contributed by atoms with Crippen molar-refractivity contribution in [1.29, 1.82) is 0 Å². The number of allylic oxidation sites excluding steroid dienone is 1. The zero-order valence-corrected chi connectivity index (χ0v) is 16.4. The highest BCUT2D eigenvalue weighted by molar-refractivity contribution is 7.80. The van der Waals surface area contributed by atoms with Crippen molar-refractivity contribution in [3.63, 3.8) is 0 Å². The lowest BCUT2D eigenvalue weighted by Gasteiger charge is -2.40. The number of ether oxygens (including phenoxy) is 1. The molecule has 1 saturated heterocycles. The summed E-state index contributed by atoms with van der Waals surface area (Å²) >= 11 is 5.58. The van der Waals surface area contributed by atoms with Crippen molar-refractivity contribution >= 4 is 28.9 Å². The van der Waals surface area contributed by atoms with E-state index in [0.717, 1.165) is 18.5 Å². The Balaban J connectivity index is 1.76. The van der Waals surface area contributed by atoms with Gasteiger partial charge in [-0.25, -0.2) is 0 Å². The number of carbonyl (C=O) groups excluding carboxylic acids is 1. The number of rotatable bonds is 4. The number of morpholine rings is 1. The molecule has 0 bridgehead atoms. The Bertz CT molecular complexity index is 861. The largest absolute Gasteiger partial charge is 0.378 e. The van der Waals surface area contributed by atoms with Gasteiger partial charge in [0.1, 0.15) is 0 Å². The van der Waals surface area contributed by atoms with Gasteiger partial charge in [0, 0.05) is 37.0 Å². The van der Waals surface area contributed by atoms with E-state index < -0.39 is 11.0 Å². The Kier molecular flexibility index (Phi) is 5.03. The van der Waals surface area contributed by atoms with E-state index in [1.165, 1.54) is 12.1 Å². The summed E-state index contributed by atoms with van der Waals surface area (Å²) in [6.07, 6.45) is 2.08. The average molecular weight is 402 g/mol. The number of nitrogens with zero attached hydrogens (tertiary/aromatic N) is 3. The summed E-state index contributed by atoms with van der Waals surface area (Å²) in [6, 6.07) is 6.18. The van der Waals surface area contributed by atoms with Crippen LogP contribution in [0.3, 0.4) is 0 Å². The molecule has 2 aliphatic heterocycles. The van der Waals surface area contributed by atoms with Crippen LogP contribution in [-0.2, 0) is 9.53 Å². The molecule has 148 valence electrons. The normalized spacial score (nSPS) is 22.9. The number of nitro groups is 1. The maximum absolute atomic E-state index is 13.4. The van der Waals surface area contributed by atoms with E-state index in [4.69, 9.17) is 17.0 Å². The van der Waals surface area contributed by atoms with Crippen LogP contribution in [0.25, 0.3) is 0 Å². The van der Waals surface area contributed by atoms with Crippen LogP contribution in [0.1, 0.15) is 31.4 Å². The molecule has 0 aromatic heterocycles. The molecule has 1 atom stereocenters. The molecule has 1 aromatic carbocycles. The molecule has 3 aliphatic rings. The predicted octanol–water partition coefficient (Wildman–Crippen LogP) is 2.12. The third-order valence-corrected chi connectivity index (χ3v) is 5.70. The van der Waals surface area contributed by atoms with E-state index in [2.05, 4.69) is 5.32 Å². The minimum absolute atomic E-state index is 0.00864. The van der Waals surface area contributed by atoms with E-state index in [1.807, 2.05) is 11.8 Å². The Morgan fingerprint density at radius 3 is 2.68 bits per heavy atom. The van der Waals surface area contributed by atoms with Crippen molar-refractivity contribution in [2.45, 2.75) is 31.8 Å². The summed E-state index contributed by atoms with van der Waals surface area (Å²) in [7, 11) is 0. The minimum atomic E-state index is -0.516. The summed E-state index contributed by atoms with van der Waals surface area (Å²) in [4.78, 5) is 28.0. The van der Waals surface area contributed by atoms with Gasteiger partial charge in [0.2, 0.25) is 0 Å². The zero-order valence-electron chi connectivity index (χ0n) is 15.6. The van der Waals surface area contributed by atoms with Gasteiger partial charge in [0.15, 0.2) is 5.11 Å². The molecule has 1 N–H and O–H groups in total. The maximum atomic E-state index is 13.4. The molecule has 1 saturated carbocycles. The van der Waals surface area contributed by atoms with Crippen LogP contribution in [0, 0.1) is 10.1 Å². The van der Waals surface area contributed by atoms with Crippen LogP contribution < -0.4 is 5.32 Å². The van der Waals surface area contributed by atoms with Crippen molar-refractivity contribution in [3.8, 4) is 0 Å². The molecule has 2 heterocycles. The first-order valence-corrected chi connectivity index (χ1v) is 9.80. The van der Waals surface area contributed by atoms with Crippen LogP contribution in [-0.4, -0.2) is 58.1 Å². The van der Waals surface area contributed by atoms with Crippen molar-refractivity contribution < 1.29 is 14.5 Å². The Morgan fingerprint density at radius 1 is 1.32 bits per heavy atom. The first kappa shape index (κ1) is 18.8. The van der Waals surface area contributed by atoms with Gasteiger partial charge in [-0.3, -0.25) is 14.9 Å². The number of benzene rings is 1. The Morgan fingerprint density at radius 2 is 2.04 bits per heavy atom. The van der Waals surface area contributed by atoms with E-state index in [-0.39, 0.29) is 11.6 Å². The molecule has 0 radical (unpaired) electrons. The van der Waals surface area contributed by atoms with Crippen molar-refractivity contribution in [2.75, 3.05) is 26.3 Å². The topological polar surface area (TPSA) is 88.0 Å². The lowest BCUT2D eigenvalue weighted by Crippen LogP contribution is -2.51. The molecule has 0 spiro atoms. The van der Waals surface area contributed by atoms with Crippen molar-refractivity contribution in [2.24, 2.45) is 0 Å². The molecule has 2 fully saturated rings. The summed E-state index contributed by atoms with van der Waals surface area (Å²) in [5.74, 6) is -0.0713. The first-order valence-electron chi connectivity index (χ1n) is 9.39. The number of thiocarbonyl (C=S) groups is 1. The second kappa shape index (κ2) is 7.48. The summed E-state index contributed by atoms with van der Waals surface area (Å²) in [5, 5.41) is 15.1. The quantitative estimate of drug-likeness (QED) is 0.469. The molecule has 1 amide bonds. The van der Waals surface area contributed by atoms with Gasteiger partial charge in [-0.2, -0.15) is 0 Å². The fourth-order valence-corrected chi connectivity index (χ4v) is 4.22. The number of hydrogen-bond donors (Lipinski definition) is 1. The molecular weight excluding hydrogens is 380 g/mol. The summed E-state index contributed by atoms with van der Waals surface area (Å²) in [6.45, 7) is 4.01. The number of non-ortho nitro benzene ring substituents is 1. The van der Waals surface area contributed by atoms with Crippen LogP contribution in [0.5, 0.6) is 0 Å². The van der Waals surface area contributed by atoms with Gasteiger partial charge >= 0.3 is 0 Å². The summed E-state index contributed by atoms with van der Waals surface area (Å²) < 4.78 is 5.37. The first-order chi connectivity index (χ1) is 13.5. The number of carbonyl (C=O) groups is 1. The molecule has 1 aromatic rings. The fourth-order valence-electron chi connectivity index (χ4n) is 3.81. The smallest absolute Gasteiger partial charge is 0.269 e. The van der Waals surface area contributed by atoms with Crippen molar-refractivity contribution in [3.05, 3.63) is 51.2 Å². The van der Waals surface area contributed by atoms with Crippen LogP contribution in [0.4, 0.5) is 5.69 Å².